The van der Waals surface area contributed by atoms with Crippen LogP contribution in [0.1, 0.15) is 40.5 Å². The molecule has 1 aromatic carbocycles. The standard InChI is InChI=1S/C18H22N2O3S/c1-4-22-16-8-13-6-7-20(10-14(13)9-17(16)23-5-2)18(21)15-11-24-12(3)19-15/h8-9,11H,4-7,10H2,1-3H3. The van der Waals surface area contributed by atoms with Crippen LogP contribution in [0.3, 0.4) is 0 Å². The van der Waals surface area contributed by atoms with Gasteiger partial charge in [-0.25, -0.2) is 4.98 Å². The van der Waals surface area contributed by atoms with E-state index in [1.54, 1.807) is 0 Å². The molecule has 128 valence electrons. The largest absolute Gasteiger partial charge is 0.490 e. The van der Waals surface area contributed by atoms with E-state index in [1.807, 2.05) is 37.1 Å². The van der Waals surface area contributed by atoms with E-state index in [2.05, 4.69) is 11.1 Å². The van der Waals surface area contributed by atoms with E-state index in [9.17, 15) is 4.79 Å². The van der Waals surface area contributed by atoms with Crippen LogP contribution in [0.15, 0.2) is 17.5 Å². The molecule has 6 heteroatoms. The Morgan fingerprint density at radius 3 is 2.46 bits per heavy atom. The zero-order chi connectivity index (χ0) is 17.1. The highest BCUT2D eigenvalue weighted by Gasteiger charge is 2.25. The van der Waals surface area contributed by atoms with Gasteiger partial charge in [-0.2, -0.15) is 0 Å². The van der Waals surface area contributed by atoms with Gasteiger partial charge in [-0.1, -0.05) is 0 Å². The number of carbonyl (C=O) groups excluding carboxylic acids is 1. The van der Waals surface area contributed by atoms with Crippen LogP contribution in [0.25, 0.3) is 0 Å². The number of rotatable bonds is 5. The summed E-state index contributed by atoms with van der Waals surface area (Å²) >= 11 is 1.50. The Bertz CT molecular complexity index is 742. The molecule has 1 aliphatic rings. The van der Waals surface area contributed by atoms with Gasteiger partial charge in [0, 0.05) is 18.5 Å². The van der Waals surface area contributed by atoms with Crippen molar-refractivity contribution >= 4 is 17.2 Å². The third-order valence-electron chi connectivity index (χ3n) is 4.00. The number of hydrogen-bond acceptors (Lipinski definition) is 5. The van der Waals surface area contributed by atoms with Crippen molar-refractivity contribution in [2.75, 3.05) is 19.8 Å². The zero-order valence-corrected chi connectivity index (χ0v) is 15.1. The number of carbonyl (C=O) groups is 1. The fourth-order valence-corrected chi connectivity index (χ4v) is 3.48. The summed E-state index contributed by atoms with van der Waals surface area (Å²) in [7, 11) is 0. The fourth-order valence-electron chi connectivity index (χ4n) is 2.90. The van der Waals surface area contributed by atoms with Gasteiger partial charge in [0.2, 0.25) is 0 Å². The first-order chi connectivity index (χ1) is 11.6. The molecule has 0 fully saturated rings. The van der Waals surface area contributed by atoms with E-state index in [0.717, 1.165) is 28.5 Å². The van der Waals surface area contributed by atoms with Crippen molar-refractivity contribution in [2.45, 2.75) is 33.7 Å². The van der Waals surface area contributed by atoms with Gasteiger partial charge in [-0.3, -0.25) is 4.79 Å². The van der Waals surface area contributed by atoms with Gasteiger partial charge in [0.25, 0.3) is 5.91 Å². The lowest BCUT2D eigenvalue weighted by atomic mass is 9.98. The minimum absolute atomic E-state index is 0.00292. The average molecular weight is 346 g/mol. The van der Waals surface area contributed by atoms with E-state index < -0.39 is 0 Å². The number of aromatic nitrogens is 1. The minimum atomic E-state index is -0.00292. The maximum absolute atomic E-state index is 12.6. The van der Waals surface area contributed by atoms with Crippen LogP contribution in [0.4, 0.5) is 0 Å². The Morgan fingerprint density at radius 1 is 1.21 bits per heavy atom. The molecule has 1 amide bonds. The molecule has 0 unspecified atom stereocenters. The number of amides is 1. The highest BCUT2D eigenvalue weighted by atomic mass is 32.1. The number of nitrogens with zero attached hydrogens (tertiary/aromatic N) is 2. The highest BCUT2D eigenvalue weighted by Crippen LogP contribution is 2.34. The van der Waals surface area contributed by atoms with E-state index in [-0.39, 0.29) is 5.91 Å². The summed E-state index contributed by atoms with van der Waals surface area (Å²) in [5.41, 5.74) is 2.88. The average Bonchev–Trinajstić information content (AvgIpc) is 3.01. The maximum Gasteiger partial charge on any atom is 0.273 e. The first-order valence-electron chi connectivity index (χ1n) is 8.25. The summed E-state index contributed by atoms with van der Waals surface area (Å²) in [5, 5.41) is 2.74. The fraction of sp³-hybridized carbons (Fsp3) is 0.444. The first-order valence-corrected chi connectivity index (χ1v) is 9.13. The van der Waals surface area contributed by atoms with Crippen LogP contribution >= 0.6 is 11.3 Å². The van der Waals surface area contributed by atoms with Gasteiger partial charge in [0.05, 0.1) is 18.2 Å². The summed E-state index contributed by atoms with van der Waals surface area (Å²) in [4.78, 5) is 18.8. The molecule has 5 nitrogen and oxygen atoms in total. The number of thiazole rings is 1. The van der Waals surface area contributed by atoms with Crippen molar-refractivity contribution in [1.82, 2.24) is 9.88 Å². The lowest BCUT2D eigenvalue weighted by Gasteiger charge is -2.29. The SMILES string of the molecule is CCOc1cc2c(cc1OCC)CN(C(=O)c1csc(C)n1)CC2. The molecule has 0 saturated carbocycles. The molecule has 1 aliphatic heterocycles. The lowest BCUT2D eigenvalue weighted by Crippen LogP contribution is -2.36. The van der Waals surface area contributed by atoms with Gasteiger partial charge in [0.1, 0.15) is 5.69 Å². The normalized spacial score (nSPS) is 13.5. The smallest absolute Gasteiger partial charge is 0.273 e. The van der Waals surface area contributed by atoms with Crippen molar-refractivity contribution in [3.05, 3.63) is 39.3 Å². The van der Waals surface area contributed by atoms with Crippen LogP contribution in [0, 0.1) is 6.92 Å². The van der Waals surface area contributed by atoms with Crippen LogP contribution < -0.4 is 9.47 Å². The number of hydrogen-bond donors (Lipinski definition) is 0. The molecule has 0 saturated heterocycles. The van der Waals surface area contributed by atoms with Crippen molar-refractivity contribution < 1.29 is 14.3 Å². The summed E-state index contributed by atoms with van der Waals surface area (Å²) in [6.07, 6.45) is 0.816. The van der Waals surface area contributed by atoms with E-state index in [0.29, 0.717) is 32.0 Å². The van der Waals surface area contributed by atoms with Crippen LogP contribution in [-0.4, -0.2) is 35.5 Å². The molecular formula is C18H22N2O3S. The van der Waals surface area contributed by atoms with E-state index in [4.69, 9.17) is 9.47 Å². The molecule has 0 bridgehead atoms. The second-order valence-electron chi connectivity index (χ2n) is 5.66. The Balaban J connectivity index is 1.84. The number of benzene rings is 1. The van der Waals surface area contributed by atoms with Gasteiger partial charge in [-0.05, 0) is 50.5 Å². The summed E-state index contributed by atoms with van der Waals surface area (Å²) < 4.78 is 11.4. The third kappa shape index (κ3) is 3.38. The summed E-state index contributed by atoms with van der Waals surface area (Å²) in [6, 6.07) is 4.06. The number of aryl methyl sites for hydroxylation is 1. The molecule has 0 spiro atoms. The maximum atomic E-state index is 12.6. The molecule has 0 aliphatic carbocycles. The van der Waals surface area contributed by atoms with Crippen LogP contribution in [-0.2, 0) is 13.0 Å². The van der Waals surface area contributed by atoms with Gasteiger partial charge in [0.15, 0.2) is 11.5 Å². The van der Waals surface area contributed by atoms with Crippen molar-refractivity contribution in [3.8, 4) is 11.5 Å². The minimum Gasteiger partial charge on any atom is -0.490 e. The van der Waals surface area contributed by atoms with Gasteiger partial charge in [-0.15, -0.1) is 11.3 Å². The third-order valence-corrected chi connectivity index (χ3v) is 4.78. The van der Waals surface area contributed by atoms with Crippen molar-refractivity contribution in [1.29, 1.82) is 0 Å². The second-order valence-corrected chi connectivity index (χ2v) is 6.72. The molecule has 1 aromatic heterocycles. The number of ether oxygens (including phenoxy) is 2. The molecule has 0 radical (unpaired) electrons. The molecular weight excluding hydrogens is 324 g/mol. The van der Waals surface area contributed by atoms with Crippen molar-refractivity contribution in [3.63, 3.8) is 0 Å². The lowest BCUT2D eigenvalue weighted by molar-refractivity contribution is 0.0729. The Labute approximate surface area is 146 Å². The monoisotopic (exact) mass is 346 g/mol. The van der Waals surface area contributed by atoms with E-state index in [1.165, 1.54) is 16.9 Å². The molecule has 0 atom stereocenters. The predicted molar refractivity (Wildman–Crippen MR) is 94.1 cm³/mol. The van der Waals surface area contributed by atoms with E-state index >= 15 is 0 Å². The highest BCUT2D eigenvalue weighted by molar-refractivity contribution is 7.09. The Kier molecular flexibility index (Phi) is 5.04. The molecule has 2 aromatic rings. The molecule has 2 heterocycles. The summed E-state index contributed by atoms with van der Waals surface area (Å²) in [6.45, 7) is 8.29. The summed E-state index contributed by atoms with van der Waals surface area (Å²) in [5.74, 6) is 1.53. The predicted octanol–water partition coefficient (Wildman–Crippen LogP) is 3.45. The molecule has 0 N–H and O–H groups in total. The first kappa shape index (κ1) is 16.8. The quantitative estimate of drug-likeness (QED) is 0.832. The topological polar surface area (TPSA) is 51.7 Å². The van der Waals surface area contributed by atoms with Crippen LogP contribution in [0.5, 0.6) is 11.5 Å². The number of fused-ring (bicyclic) bond motifs is 1. The Morgan fingerprint density at radius 2 is 1.88 bits per heavy atom. The van der Waals surface area contributed by atoms with Crippen molar-refractivity contribution in [2.24, 2.45) is 0 Å². The second kappa shape index (κ2) is 7.21. The molecule has 24 heavy (non-hydrogen) atoms. The van der Waals surface area contributed by atoms with Gasteiger partial charge < -0.3 is 14.4 Å². The zero-order valence-electron chi connectivity index (χ0n) is 14.3. The van der Waals surface area contributed by atoms with Gasteiger partial charge >= 0.3 is 0 Å². The molecule has 3 rings (SSSR count). The van der Waals surface area contributed by atoms with Crippen LogP contribution in [0.2, 0.25) is 0 Å². The Hall–Kier alpha value is -2.08.